The molecule has 0 spiro atoms. The van der Waals surface area contributed by atoms with Crippen LogP contribution in [0.3, 0.4) is 0 Å². The number of carbonyl (C=O) groups excluding carboxylic acids is 1. The average molecular weight is 257 g/mol. The smallest absolute Gasteiger partial charge is 0.319 e. The van der Waals surface area contributed by atoms with Crippen LogP contribution in [0.5, 0.6) is 0 Å². The number of hydrogen-bond acceptors (Lipinski definition) is 4. The normalized spacial score (nSPS) is 10.9. The highest BCUT2D eigenvalue weighted by Gasteiger charge is 2.14. The Hall–Kier alpha value is -1.13. The molecule has 0 unspecified atom stereocenters. The molecule has 0 N–H and O–H groups in total. The molecular formula is C12H17ClN2O2. The first-order chi connectivity index (χ1) is 8.02. The van der Waals surface area contributed by atoms with Gasteiger partial charge in [0.2, 0.25) is 0 Å². The van der Waals surface area contributed by atoms with Crippen molar-refractivity contribution in [3.05, 3.63) is 29.0 Å². The molecule has 1 aromatic heterocycles. The number of rotatable bonds is 5. The minimum absolute atomic E-state index is 0.237. The number of aromatic nitrogens is 1. The molecule has 5 heteroatoms. The monoisotopic (exact) mass is 256 g/mol. The average Bonchev–Trinajstić information content (AvgIpc) is 2.27. The summed E-state index contributed by atoms with van der Waals surface area (Å²) in [5.74, 6) is -0.237. The van der Waals surface area contributed by atoms with E-state index in [9.17, 15) is 4.79 Å². The summed E-state index contributed by atoms with van der Waals surface area (Å²) in [6.45, 7) is 4.99. The summed E-state index contributed by atoms with van der Waals surface area (Å²) in [6, 6.07) is 3.94. The van der Waals surface area contributed by atoms with Gasteiger partial charge in [-0.25, -0.2) is 4.98 Å². The second-order valence-electron chi connectivity index (χ2n) is 4.06. The van der Waals surface area contributed by atoms with E-state index in [0.29, 0.717) is 11.7 Å². The van der Waals surface area contributed by atoms with Crippen LogP contribution in [0, 0.1) is 0 Å². The minimum Gasteiger partial charge on any atom is -0.468 e. The van der Waals surface area contributed by atoms with Crippen molar-refractivity contribution in [2.24, 2.45) is 0 Å². The summed E-state index contributed by atoms with van der Waals surface area (Å²) >= 11 is 5.82. The van der Waals surface area contributed by atoms with Gasteiger partial charge in [-0.3, -0.25) is 9.69 Å². The van der Waals surface area contributed by atoms with Crippen molar-refractivity contribution < 1.29 is 9.53 Å². The number of pyridine rings is 1. The number of esters is 1. The molecule has 1 heterocycles. The third-order valence-electron chi connectivity index (χ3n) is 2.47. The molecule has 4 nitrogen and oxygen atoms in total. The van der Waals surface area contributed by atoms with Crippen molar-refractivity contribution in [1.29, 1.82) is 0 Å². The molecular weight excluding hydrogens is 240 g/mol. The fraction of sp³-hybridized carbons (Fsp3) is 0.500. The third kappa shape index (κ3) is 4.71. The van der Waals surface area contributed by atoms with Crippen LogP contribution in [-0.2, 0) is 16.1 Å². The number of halogens is 1. The Labute approximate surface area is 107 Å². The Morgan fingerprint density at radius 3 is 2.82 bits per heavy atom. The Morgan fingerprint density at radius 2 is 2.29 bits per heavy atom. The maximum absolute atomic E-state index is 11.3. The summed E-state index contributed by atoms with van der Waals surface area (Å²) in [5.41, 5.74) is 1.03. The van der Waals surface area contributed by atoms with E-state index in [1.807, 2.05) is 24.8 Å². The van der Waals surface area contributed by atoms with Crippen molar-refractivity contribution in [2.75, 3.05) is 13.7 Å². The molecule has 0 bridgehead atoms. The van der Waals surface area contributed by atoms with Crippen molar-refractivity contribution in [3.8, 4) is 0 Å². The lowest BCUT2D eigenvalue weighted by Crippen LogP contribution is -2.35. The molecule has 1 aromatic rings. The predicted octanol–water partition coefficient (Wildman–Crippen LogP) is 2.12. The first-order valence-electron chi connectivity index (χ1n) is 5.44. The van der Waals surface area contributed by atoms with Gasteiger partial charge >= 0.3 is 5.97 Å². The fourth-order valence-electron chi connectivity index (χ4n) is 1.43. The zero-order chi connectivity index (χ0) is 12.8. The molecule has 0 fully saturated rings. The highest BCUT2D eigenvalue weighted by Crippen LogP contribution is 2.11. The molecule has 1 rings (SSSR count). The van der Waals surface area contributed by atoms with Gasteiger partial charge in [0.25, 0.3) is 0 Å². The van der Waals surface area contributed by atoms with E-state index in [4.69, 9.17) is 11.6 Å². The van der Waals surface area contributed by atoms with E-state index in [2.05, 4.69) is 9.72 Å². The predicted molar refractivity (Wildman–Crippen MR) is 66.8 cm³/mol. The standard InChI is InChI=1S/C12H17ClN2O2/c1-9(2)15(8-12(16)17-3)7-10-4-5-14-11(13)6-10/h4-6,9H,7-8H2,1-3H3. The van der Waals surface area contributed by atoms with E-state index >= 15 is 0 Å². The van der Waals surface area contributed by atoms with Gasteiger partial charge in [-0.2, -0.15) is 0 Å². The van der Waals surface area contributed by atoms with E-state index in [1.54, 1.807) is 12.3 Å². The maximum Gasteiger partial charge on any atom is 0.319 e. The summed E-state index contributed by atoms with van der Waals surface area (Å²) in [6.07, 6.45) is 1.66. The largest absolute Gasteiger partial charge is 0.468 e. The maximum atomic E-state index is 11.3. The molecule has 0 aliphatic carbocycles. The lowest BCUT2D eigenvalue weighted by atomic mass is 10.2. The van der Waals surface area contributed by atoms with Crippen molar-refractivity contribution in [2.45, 2.75) is 26.4 Å². The number of methoxy groups -OCH3 is 1. The zero-order valence-electron chi connectivity index (χ0n) is 10.3. The molecule has 0 saturated carbocycles. The quantitative estimate of drug-likeness (QED) is 0.598. The van der Waals surface area contributed by atoms with E-state index in [1.165, 1.54) is 7.11 Å². The van der Waals surface area contributed by atoms with Gasteiger partial charge in [0, 0.05) is 18.8 Å². The first-order valence-corrected chi connectivity index (χ1v) is 5.82. The van der Waals surface area contributed by atoms with Crippen LogP contribution in [0.4, 0.5) is 0 Å². The van der Waals surface area contributed by atoms with Crippen LogP contribution in [0.2, 0.25) is 5.15 Å². The number of hydrogen-bond donors (Lipinski definition) is 0. The van der Waals surface area contributed by atoms with Crippen molar-refractivity contribution in [3.63, 3.8) is 0 Å². The minimum atomic E-state index is -0.237. The second kappa shape index (κ2) is 6.57. The molecule has 94 valence electrons. The summed E-state index contributed by atoms with van der Waals surface area (Å²) < 4.78 is 4.67. The number of nitrogens with zero attached hydrogens (tertiary/aromatic N) is 2. The zero-order valence-corrected chi connectivity index (χ0v) is 11.1. The SMILES string of the molecule is COC(=O)CN(Cc1ccnc(Cl)c1)C(C)C. The third-order valence-corrected chi connectivity index (χ3v) is 2.67. The van der Waals surface area contributed by atoms with Crippen LogP contribution >= 0.6 is 11.6 Å². The molecule has 0 aliphatic heterocycles. The summed E-state index contributed by atoms with van der Waals surface area (Å²) in [4.78, 5) is 17.2. The second-order valence-corrected chi connectivity index (χ2v) is 4.45. The molecule has 17 heavy (non-hydrogen) atoms. The van der Waals surface area contributed by atoms with Crippen LogP contribution in [0.15, 0.2) is 18.3 Å². The lowest BCUT2D eigenvalue weighted by molar-refractivity contribution is -0.142. The highest BCUT2D eigenvalue weighted by molar-refractivity contribution is 6.29. The topological polar surface area (TPSA) is 42.4 Å². The Balaban J connectivity index is 2.70. The van der Waals surface area contributed by atoms with Gasteiger partial charge in [-0.1, -0.05) is 11.6 Å². The van der Waals surface area contributed by atoms with Gasteiger partial charge in [-0.15, -0.1) is 0 Å². The van der Waals surface area contributed by atoms with E-state index in [0.717, 1.165) is 5.56 Å². The number of ether oxygens (including phenoxy) is 1. The van der Waals surface area contributed by atoms with Gasteiger partial charge < -0.3 is 4.74 Å². The van der Waals surface area contributed by atoms with E-state index in [-0.39, 0.29) is 18.6 Å². The van der Waals surface area contributed by atoms with Crippen LogP contribution < -0.4 is 0 Å². The van der Waals surface area contributed by atoms with Gasteiger partial charge in [0.1, 0.15) is 5.15 Å². The molecule has 0 saturated heterocycles. The molecule has 0 atom stereocenters. The molecule has 0 aromatic carbocycles. The Kier molecular flexibility index (Phi) is 5.38. The van der Waals surface area contributed by atoms with Crippen molar-refractivity contribution in [1.82, 2.24) is 9.88 Å². The van der Waals surface area contributed by atoms with E-state index < -0.39 is 0 Å². The van der Waals surface area contributed by atoms with Gasteiger partial charge in [0.15, 0.2) is 0 Å². The fourth-order valence-corrected chi connectivity index (χ4v) is 1.62. The Bertz CT molecular complexity index is 383. The Morgan fingerprint density at radius 1 is 1.59 bits per heavy atom. The summed E-state index contributed by atoms with van der Waals surface area (Å²) in [7, 11) is 1.39. The molecule has 0 aliphatic rings. The lowest BCUT2D eigenvalue weighted by Gasteiger charge is -2.25. The molecule has 0 amide bonds. The van der Waals surface area contributed by atoms with Crippen molar-refractivity contribution >= 4 is 17.6 Å². The van der Waals surface area contributed by atoms with Crippen LogP contribution in [0.1, 0.15) is 19.4 Å². The van der Waals surface area contributed by atoms with Crippen LogP contribution in [-0.4, -0.2) is 35.5 Å². The summed E-state index contributed by atoms with van der Waals surface area (Å²) in [5, 5.41) is 0.462. The number of carbonyl (C=O) groups is 1. The van der Waals surface area contributed by atoms with Gasteiger partial charge in [-0.05, 0) is 31.5 Å². The van der Waals surface area contributed by atoms with Crippen LogP contribution in [0.25, 0.3) is 0 Å². The van der Waals surface area contributed by atoms with Gasteiger partial charge in [0.05, 0.1) is 13.7 Å². The molecule has 0 radical (unpaired) electrons. The highest BCUT2D eigenvalue weighted by atomic mass is 35.5. The first kappa shape index (κ1) is 13.9.